The number of hydrogen-bond acceptors (Lipinski definition) is 6. The van der Waals surface area contributed by atoms with E-state index in [-0.39, 0.29) is 18.2 Å². The van der Waals surface area contributed by atoms with Crippen molar-refractivity contribution in [3.05, 3.63) is 58.1 Å². The van der Waals surface area contributed by atoms with Gasteiger partial charge in [0.2, 0.25) is 0 Å². The SMILES string of the molecule is CCN(Cc1ccc2c(c1)OCCO2)C(=O)COc1ccc([N+](=O)[O-])cc1. The number of non-ortho nitro benzene ring substituents is 1. The molecular formula is C19H20N2O6. The van der Waals surface area contributed by atoms with Gasteiger partial charge in [0.15, 0.2) is 18.1 Å². The number of amides is 1. The number of likely N-dealkylation sites (N-methyl/N-ethyl adjacent to an activating group) is 1. The van der Waals surface area contributed by atoms with Gasteiger partial charge in [-0.1, -0.05) is 6.07 Å². The summed E-state index contributed by atoms with van der Waals surface area (Å²) >= 11 is 0. The van der Waals surface area contributed by atoms with Gasteiger partial charge in [0.05, 0.1) is 4.92 Å². The predicted octanol–water partition coefficient (Wildman–Crippen LogP) is 2.79. The van der Waals surface area contributed by atoms with Crippen molar-refractivity contribution in [1.82, 2.24) is 4.90 Å². The molecule has 2 aromatic rings. The lowest BCUT2D eigenvalue weighted by atomic mass is 10.1. The normalized spacial score (nSPS) is 12.3. The Morgan fingerprint density at radius 2 is 1.85 bits per heavy atom. The molecule has 0 N–H and O–H groups in total. The Balaban J connectivity index is 1.58. The van der Waals surface area contributed by atoms with Crippen LogP contribution < -0.4 is 14.2 Å². The first kappa shape index (κ1) is 18.5. The maximum absolute atomic E-state index is 12.5. The monoisotopic (exact) mass is 372 g/mol. The second-order valence-corrected chi connectivity index (χ2v) is 5.93. The third-order valence-corrected chi connectivity index (χ3v) is 4.12. The summed E-state index contributed by atoms with van der Waals surface area (Å²) in [6, 6.07) is 11.3. The van der Waals surface area contributed by atoms with Gasteiger partial charge in [-0.25, -0.2) is 0 Å². The van der Waals surface area contributed by atoms with Crippen molar-refractivity contribution in [2.24, 2.45) is 0 Å². The molecule has 8 heteroatoms. The standard InChI is InChI=1S/C19H20N2O6/c1-2-20(12-14-3-8-17-18(11-14)26-10-9-25-17)19(22)13-27-16-6-4-15(5-7-16)21(23)24/h3-8,11H,2,9-10,12-13H2,1H3. The molecule has 2 aromatic carbocycles. The van der Waals surface area contributed by atoms with Crippen molar-refractivity contribution < 1.29 is 23.9 Å². The predicted molar refractivity (Wildman–Crippen MR) is 97.1 cm³/mol. The molecule has 0 aliphatic carbocycles. The fourth-order valence-electron chi connectivity index (χ4n) is 2.68. The van der Waals surface area contributed by atoms with Crippen LogP contribution in [0.15, 0.2) is 42.5 Å². The van der Waals surface area contributed by atoms with Crippen molar-refractivity contribution in [3.63, 3.8) is 0 Å². The molecule has 0 fully saturated rings. The molecule has 1 heterocycles. The molecule has 1 amide bonds. The first-order chi connectivity index (χ1) is 13.1. The van der Waals surface area contributed by atoms with Crippen LogP contribution in [0.25, 0.3) is 0 Å². The second kappa shape index (κ2) is 8.39. The Morgan fingerprint density at radius 3 is 2.52 bits per heavy atom. The molecule has 1 aliphatic rings. The summed E-state index contributed by atoms with van der Waals surface area (Å²) in [7, 11) is 0. The lowest BCUT2D eigenvalue weighted by Crippen LogP contribution is -2.34. The molecule has 0 radical (unpaired) electrons. The Labute approximate surface area is 156 Å². The molecule has 0 saturated carbocycles. The van der Waals surface area contributed by atoms with Crippen molar-refractivity contribution >= 4 is 11.6 Å². The van der Waals surface area contributed by atoms with Gasteiger partial charge in [-0.05, 0) is 36.8 Å². The minimum atomic E-state index is -0.485. The molecule has 0 atom stereocenters. The summed E-state index contributed by atoms with van der Waals surface area (Å²) in [5, 5.41) is 10.7. The molecule has 142 valence electrons. The lowest BCUT2D eigenvalue weighted by Gasteiger charge is -2.23. The average Bonchev–Trinajstić information content (AvgIpc) is 2.70. The molecule has 3 rings (SSSR count). The highest BCUT2D eigenvalue weighted by molar-refractivity contribution is 5.77. The van der Waals surface area contributed by atoms with Gasteiger partial charge < -0.3 is 19.1 Å². The minimum Gasteiger partial charge on any atom is -0.486 e. The van der Waals surface area contributed by atoms with Gasteiger partial charge in [-0.2, -0.15) is 0 Å². The minimum absolute atomic E-state index is 0.0255. The number of rotatable bonds is 7. The average molecular weight is 372 g/mol. The van der Waals surface area contributed by atoms with E-state index in [0.29, 0.717) is 43.6 Å². The molecule has 8 nitrogen and oxygen atoms in total. The van der Waals surface area contributed by atoms with E-state index in [1.807, 2.05) is 25.1 Å². The van der Waals surface area contributed by atoms with E-state index in [4.69, 9.17) is 14.2 Å². The number of benzene rings is 2. The molecule has 0 aromatic heterocycles. The zero-order valence-corrected chi connectivity index (χ0v) is 14.9. The third-order valence-electron chi connectivity index (χ3n) is 4.12. The van der Waals surface area contributed by atoms with Crippen LogP contribution in [0.5, 0.6) is 17.2 Å². The van der Waals surface area contributed by atoms with Crippen molar-refractivity contribution in [2.45, 2.75) is 13.5 Å². The van der Waals surface area contributed by atoms with Crippen molar-refractivity contribution in [1.29, 1.82) is 0 Å². The molecule has 27 heavy (non-hydrogen) atoms. The fourth-order valence-corrected chi connectivity index (χ4v) is 2.68. The number of ether oxygens (including phenoxy) is 3. The maximum atomic E-state index is 12.5. The molecule has 1 aliphatic heterocycles. The van der Waals surface area contributed by atoms with E-state index in [2.05, 4.69) is 0 Å². The quantitative estimate of drug-likeness (QED) is 0.548. The fraction of sp³-hybridized carbons (Fsp3) is 0.316. The molecular weight excluding hydrogens is 352 g/mol. The molecule has 0 spiro atoms. The highest BCUT2D eigenvalue weighted by Crippen LogP contribution is 2.31. The Hall–Kier alpha value is -3.29. The summed E-state index contributed by atoms with van der Waals surface area (Å²) in [6.45, 7) is 3.74. The number of nitrogens with zero attached hydrogens (tertiary/aromatic N) is 2. The van der Waals surface area contributed by atoms with Crippen LogP contribution in [-0.2, 0) is 11.3 Å². The van der Waals surface area contributed by atoms with E-state index >= 15 is 0 Å². The second-order valence-electron chi connectivity index (χ2n) is 5.93. The summed E-state index contributed by atoms with van der Waals surface area (Å²) in [4.78, 5) is 24.3. The summed E-state index contributed by atoms with van der Waals surface area (Å²) in [5.74, 6) is 1.63. The van der Waals surface area contributed by atoms with Crippen molar-refractivity contribution in [3.8, 4) is 17.2 Å². The number of nitro groups is 1. The van der Waals surface area contributed by atoms with Crippen LogP contribution in [-0.4, -0.2) is 42.1 Å². The van der Waals surface area contributed by atoms with Gasteiger partial charge in [0.25, 0.3) is 11.6 Å². The zero-order valence-electron chi connectivity index (χ0n) is 14.9. The third kappa shape index (κ3) is 4.66. The topological polar surface area (TPSA) is 91.1 Å². The van der Waals surface area contributed by atoms with Gasteiger partial charge in [-0.3, -0.25) is 14.9 Å². The number of fused-ring (bicyclic) bond motifs is 1. The highest BCUT2D eigenvalue weighted by Gasteiger charge is 2.16. The van der Waals surface area contributed by atoms with Crippen LogP contribution >= 0.6 is 0 Å². The molecule has 0 bridgehead atoms. The van der Waals surface area contributed by atoms with E-state index in [0.717, 1.165) is 5.56 Å². The first-order valence-corrected chi connectivity index (χ1v) is 8.60. The Bertz CT molecular complexity index is 821. The smallest absolute Gasteiger partial charge is 0.269 e. The Kier molecular flexibility index (Phi) is 5.75. The van der Waals surface area contributed by atoms with E-state index < -0.39 is 4.92 Å². The summed E-state index contributed by atoms with van der Waals surface area (Å²) in [6.07, 6.45) is 0. The van der Waals surface area contributed by atoms with Crippen LogP contribution in [0.2, 0.25) is 0 Å². The van der Waals surface area contributed by atoms with Gasteiger partial charge in [-0.15, -0.1) is 0 Å². The number of carbonyl (C=O) groups is 1. The van der Waals surface area contributed by atoms with Crippen LogP contribution in [0.4, 0.5) is 5.69 Å². The van der Waals surface area contributed by atoms with E-state index in [9.17, 15) is 14.9 Å². The van der Waals surface area contributed by atoms with Crippen LogP contribution in [0.3, 0.4) is 0 Å². The number of carbonyl (C=O) groups excluding carboxylic acids is 1. The highest BCUT2D eigenvalue weighted by atomic mass is 16.6. The van der Waals surface area contributed by atoms with E-state index in [1.54, 1.807) is 4.90 Å². The van der Waals surface area contributed by atoms with Crippen molar-refractivity contribution in [2.75, 3.05) is 26.4 Å². The summed E-state index contributed by atoms with van der Waals surface area (Å²) < 4.78 is 16.5. The number of nitro benzene ring substituents is 1. The molecule has 0 saturated heterocycles. The lowest BCUT2D eigenvalue weighted by molar-refractivity contribution is -0.384. The van der Waals surface area contributed by atoms with Crippen LogP contribution in [0, 0.1) is 10.1 Å². The van der Waals surface area contributed by atoms with Gasteiger partial charge in [0, 0.05) is 25.2 Å². The van der Waals surface area contributed by atoms with E-state index in [1.165, 1.54) is 24.3 Å². The number of hydrogen-bond donors (Lipinski definition) is 0. The first-order valence-electron chi connectivity index (χ1n) is 8.60. The maximum Gasteiger partial charge on any atom is 0.269 e. The zero-order chi connectivity index (χ0) is 19.2. The molecule has 0 unspecified atom stereocenters. The van der Waals surface area contributed by atoms with Crippen LogP contribution in [0.1, 0.15) is 12.5 Å². The van der Waals surface area contributed by atoms with Gasteiger partial charge in [0.1, 0.15) is 19.0 Å². The largest absolute Gasteiger partial charge is 0.486 e. The summed E-state index contributed by atoms with van der Waals surface area (Å²) in [5.41, 5.74) is 0.909. The van der Waals surface area contributed by atoms with Gasteiger partial charge >= 0.3 is 0 Å². The Morgan fingerprint density at radius 1 is 1.15 bits per heavy atom.